The lowest BCUT2D eigenvalue weighted by atomic mass is 9.96. The van der Waals surface area contributed by atoms with Gasteiger partial charge in [0.2, 0.25) is 76.8 Å². The zero-order chi connectivity index (χ0) is 87.1. The molecule has 35 nitrogen and oxygen atoms in total. The number of aliphatic hydroxyl groups excluding tert-OH is 1. The molecular formula is C83H121N19O16. The SMILES string of the molecule is CC[C@H](C)[C@H](NC(=O)[C@@H](N)CC(C)C)C(=O)N[C@@H](CCCNC(=N)N)C(=O)NCC(=O)N[C@@H](CC(C)C)C(=O)N[C@@H](Cc1ccccc1)C(=O)N[C@@H](CCCCN)C(=O)N[C@@H](CO)C(=O)N[C@@H](Cc1ccccc1)C(=O)N[C@@H](Cc1c[nH]c2ccccc12)C(=O)N[C@@H](CCC(N)=O)C(=O)N[C@H](C(=O)N[C@@H](Cc1ccccc1)C(=O)O)C(C)C. The molecule has 1 aromatic heterocycles. The number of aliphatic hydroxyl groups is 1. The number of carbonyl (C=O) groups is 14. The molecule has 0 spiro atoms. The Hall–Kier alpha value is -11.9. The van der Waals surface area contributed by atoms with Gasteiger partial charge in [0.25, 0.3) is 0 Å². The second-order valence-electron chi connectivity index (χ2n) is 30.7. The highest BCUT2D eigenvalue weighted by atomic mass is 16.4. The van der Waals surface area contributed by atoms with E-state index < -0.39 is 193 Å². The number of hydrogen-bond acceptors (Lipinski definition) is 18. The summed E-state index contributed by atoms with van der Waals surface area (Å²) >= 11 is 0. The van der Waals surface area contributed by atoms with E-state index in [-0.39, 0.29) is 88.7 Å². The molecule has 13 atom stereocenters. The summed E-state index contributed by atoms with van der Waals surface area (Å²) in [7, 11) is 0. The van der Waals surface area contributed by atoms with Gasteiger partial charge in [-0.25, -0.2) is 4.79 Å². The van der Waals surface area contributed by atoms with E-state index in [1.54, 1.807) is 156 Å². The van der Waals surface area contributed by atoms with Crippen molar-refractivity contribution in [2.75, 3.05) is 26.2 Å². The maximum absolute atomic E-state index is 15.1. The van der Waals surface area contributed by atoms with E-state index in [9.17, 15) is 72.5 Å². The minimum atomic E-state index is -1.83. The van der Waals surface area contributed by atoms with Crippen LogP contribution in [0, 0.1) is 29.1 Å². The largest absolute Gasteiger partial charge is 0.480 e. The van der Waals surface area contributed by atoms with Gasteiger partial charge in [-0.1, -0.05) is 171 Å². The highest BCUT2D eigenvalue weighted by molar-refractivity contribution is 6.00. The molecule has 1 heterocycles. The molecule has 0 saturated carbocycles. The molecule has 0 saturated heterocycles. The number of carboxylic acid groups (broad SMARTS) is 1. The van der Waals surface area contributed by atoms with Crippen molar-refractivity contribution in [2.45, 2.75) is 218 Å². The van der Waals surface area contributed by atoms with E-state index in [0.717, 1.165) is 0 Å². The first kappa shape index (κ1) is 96.7. The van der Waals surface area contributed by atoms with Crippen molar-refractivity contribution in [1.29, 1.82) is 5.41 Å². The van der Waals surface area contributed by atoms with Crippen LogP contribution >= 0.6 is 0 Å². The van der Waals surface area contributed by atoms with Crippen LogP contribution in [0.3, 0.4) is 0 Å². The van der Waals surface area contributed by atoms with Crippen LogP contribution in [0.4, 0.5) is 0 Å². The number of guanidine groups is 1. The monoisotopic (exact) mass is 1640 g/mol. The lowest BCUT2D eigenvalue weighted by Gasteiger charge is -2.29. The van der Waals surface area contributed by atoms with E-state index in [4.69, 9.17) is 28.3 Å². The average Bonchev–Trinajstić information content (AvgIpc) is 1.58. The summed E-state index contributed by atoms with van der Waals surface area (Å²) in [6.07, 6.45) is 1.49. The zero-order valence-corrected chi connectivity index (χ0v) is 68.4. The number of nitrogens with two attached hydrogens (primary N) is 4. The molecule has 0 aliphatic rings. The van der Waals surface area contributed by atoms with Crippen LogP contribution in [0.25, 0.3) is 10.9 Å². The molecule has 118 heavy (non-hydrogen) atoms. The molecule has 13 amide bonds. The van der Waals surface area contributed by atoms with E-state index >= 15 is 4.79 Å². The normalized spacial score (nSPS) is 14.6. The molecule has 0 fully saturated rings. The number of primary amides is 1. The maximum atomic E-state index is 15.1. The van der Waals surface area contributed by atoms with Gasteiger partial charge in [0.15, 0.2) is 5.96 Å². The molecule has 5 rings (SSSR count). The van der Waals surface area contributed by atoms with Gasteiger partial charge in [-0.2, -0.15) is 0 Å². The van der Waals surface area contributed by atoms with Crippen molar-refractivity contribution >= 4 is 99.6 Å². The third-order valence-corrected chi connectivity index (χ3v) is 19.7. The van der Waals surface area contributed by atoms with Gasteiger partial charge in [0.05, 0.1) is 19.2 Å². The van der Waals surface area contributed by atoms with E-state index in [1.807, 2.05) is 20.8 Å². The number of rotatable bonds is 52. The number of carboxylic acids is 1. The Balaban J connectivity index is 1.39. The number of carbonyl (C=O) groups excluding carboxylic acids is 13. The first-order valence-corrected chi connectivity index (χ1v) is 40.0. The van der Waals surface area contributed by atoms with Gasteiger partial charge in [0, 0.05) is 55.7 Å². The van der Waals surface area contributed by atoms with Crippen molar-refractivity contribution < 1.29 is 77.3 Å². The van der Waals surface area contributed by atoms with Crippen LogP contribution < -0.4 is 92.1 Å². The predicted molar refractivity (Wildman–Crippen MR) is 443 cm³/mol. The van der Waals surface area contributed by atoms with Crippen LogP contribution in [0.5, 0.6) is 0 Å². The summed E-state index contributed by atoms with van der Waals surface area (Å²) in [6, 6.07) is 15.5. The van der Waals surface area contributed by atoms with Gasteiger partial charge in [-0.05, 0) is 110 Å². The van der Waals surface area contributed by atoms with Gasteiger partial charge in [-0.15, -0.1) is 0 Å². The Morgan fingerprint density at radius 2 is 0.864 bits per heavy atom. The number of benzene rings is 4. The quantitative estimate of drug-likeness (QED) is 0.0135. The van der Waals surface area contributed by atoms with Crippen LogP contribution in [0.15, 0.2) is 121 Å². The third-order valence-electron chi connectivity index (χ3n) is 19.7. The highest BCUT2D eigenvalue weighted by Crippen LogP contribution is 2.21. The highest BCUT2D eigenvalue weighted by Gasteiger charge is 2.38. The first-order chi connectivity index (χ1) is 56.1. The van der Waals surface area contributed by atoms with Crippen LogP contribution in [0.2, 0.25) is 0 Å². The molecule has 35 heteroatoms. The Morgan fingerprint density at radius 3 is 1.36 bits per heavy atom. The molecule has 25 N–H and O–H groups in total. The Kier molecular flexibility index (Phi) is 40.9. The molecule has 4 aromatic carbocycles. The number of unbranched alkanes of at least 4 members (excludes halogenated alkanes) is 1. The van der Waals surface area contributed by atoms with Crippen LogP contribution in [-0.2, 0) is 92.8 Å². The number of aromatic amines is 1. The van der Waals surface area contributed by atoms with E-state index in [1.165, 1.54) is 0 Å². The standard InChI is InChI=1S/C83H121N19O16/c1-9-50(8)70(102-71(106)56(85)38-47(2)3)81(116)95-58(33-23-37-89-83(87)88)72(107)91-45-68(105)92-61(39-48(4)5)75(110)96-62(40-51-24-13-10-14-25-51)76(111)93-59(32-21-22-36-84)73(108)100-66(46-103)79(114)97-63(41-52-26-15-11-16-27-52)77(112)98-64(43-54-44-90-57-31-20-19-30-55(54)57)78(113)94-60(34-35-67(86)104)74(109)101-69(49(6)7)80(115)99-65(82(117)118)42-53-28-17-12-18-29-53/h10-20,24-31,44,47-50,56,58-66,69-70,90,103H,9,21-23,32-43,45-46,84-85H2,1-8H3,(H2,86,104)(H,91,107)(H,92,105)(H,93,111)(H,94,113)(H,95,116)(H,96,110)(H,97,114)(H,98,112)(H,99,115)(H,100,108)(H,101,109)(H,102,106)(H,117,118)(H4,87,88,89)/t50-,56-,58-,59-,60-,61-,62-,63-,64-,65-,66-,69-,70-/m0/s1. The van der Waals surface area contributed by atoms with E-state index in [2.05, 4.69) is 74.1 Å². The second-order valence-corrected chi connectivity index (χ2v) is 30.7. The summed E-state index contributed by atoms with van der Waals surface area (Å²) in [6.45, 7) is 12.7. The fourth-order valence-corrected chi connectivity index (χ4v) is 13.0. The third kappa shape index (κ3) is 33.4. The Labute approximate surface area is 687 Å². The van der Waals surface area contributed by atoms with Crippen LogP contribution in [0.1, 0.15) is 142 Å². The Bertz CT molecular complexity index is 4150. The van der Waals surface area contributed by atoms with Gasteiger partial charge in [-0.3, -0.25) is 67.7 Å². The number of nitrogens with one attached hydrogen (secondary N) is 15. The molecule has 0 unspecified atom stereocenters. The van der Waals surface area contributed by atoms with Gasteiger partial charge in [0.1, 0.15) is 66.5 Å². The molecule has 644 valence electrons. The number of para-hydroxylation sites is 1. The fraction of sp³-hybridized carbons (Fsp3) is 0.506. The number of aliphatic carboxylic acids is 1. The fourth-order valence-electron chi connectivity index (χ4n) is 13.0. The minimum Gasteiger partial charge on any atom is -0.480 e. The van der Waals surface area contributed by atoms with E-state index in [0.29, 0.717) is 52.4 Å². The van der Waals surface area contributed by atoms with Gasteiger partial charge >= 0.3 is 5.97 Å². The van der Waals surface area contributed by atoms with Crippen molar-refractivity contribution in [3.8, 4) is 0 Å². The number of fused-ring (bicyclic) bond motifs is 1. The summed E-state index contributed by atoms with van der Waals surface area (Å²) in [4.78, 5) is 200. The molecule has 0 bridgehead atoms. The maximum Gasteiger partial charge on any atom is 0.326 e. The lowest BCUT2D eigenvalue weighted by Crippen LogP contribution is -2.61. The number of aromatic nitrogens is 1. The molecule has 0 radical (unpaired) electrons. The van der Waals surface area contributed by atoms with Gasteiger partial charge < -0.3 is 107 Å². The van der Waals surface area contributed by atoms with Crippen molar-refractivity contribution in [3.63, 3.8) is 0 Å². The summed E-state index contributed by atoms with van der Waals surface area (Å²) in [5.74, 6) is -14.2. The molecule has 5 aromatic rings. The molecule has 0 aliphatic carbocycles. The van der Waals surface area contributed by atoms with Crippen molar-refractivity contribution in [2.24, 2.45) is 46.6 Å². The predicted octanol–water partition coefficient (Wildman–Crippen LogP) is -0.256. The van der Waals surface area contributed by atoms with Crippen LogP contribution in [-0.4, -0.2) is 203 Å². The minimum absolute atomic E-state index is 0.0105. The number of H-pyrrole nitrogens is 1. The first-order valence-electron chi connectivity index (χ1n) is 40.0. The van der Waals surface area contributed by atoms with Crippen molar-refractivity contribution in [1.82, 2.24) is 74.1 Å². The Morgan fingerprint density at radius 1 is 0.441 bits per heavy atom. The molecule has 0 aliphatic heterocycles. The topological polar surface area (TPSA) is 580 Å². The summed E-state index contributed by atoms with van der Waals surface area (Å²) in [5, 5.41) is 63.6. The number of amides is 13. The van der Waals surface area contributed by atoms with Crippen molar-refractivity contribution in [3.05, 3.63) is 144 Å². The summed E-state index contributed by atoms with van der Waals surface area (Å²) in [5.41, 5.74) is 25.9. The number of hydrogen-bond donors (Lipinski definition) is 21. The lowest BCUT2D eigenvalue weighted by molar-refractivity contribution is -0.142. The average molecular weight is 1640 g/mol. The molecular weight excluding hydrogens is 1520 g/mol. The summed E-state index contributed by atoms with van der Waals surface area (Å²) < 4.78 is 0. The second kappa shape index (κ2) is 49.9. The smallest absolute Gasteiger partial charge is 0.326 e. The zero-order valence-electron chi connectivity index (χ0n) is 68.4.